The molecule has 0 bridgehead atoms. The van der Waals surface area contributed by atoms with E-state index in [0.29, 0.717) is 43.4 Å². The minimum atomic E-state index is -0.117. The second-order valence-electron chi connectivity index (χ2n) is 9.33. The Morgan fingerprint density at radius 1 is 1.03 bits per heavy atom. The van der Waals surface area contributed by atoms with Crippen LogP contribution in [0.1, 0.15) is 40.0 Å². The molecule has 0 unspecified atom stereocenters. The van der Waals surface area contributed by atoms with Crippen LogP contribution in [0.2, 0.25) is 0 Å². The Balaban J connectivity index is 1.64. The predicted octanol–water partition coefficient (Wildman–Crippen LogP) is 3.48. The van der Waals surface area contributed by atoms with E-state index in [1.54, 1.807) is 19.1 Å². The number of carbonyl (C=O) groups is 2. The van der Waals surface area contributed by atoms with Gasteiger partial charge in [0.15, 0.2) is 5.82 Å². The number of hydrogen-bond donors (Lipinski definition) is 0. The van der Waals surface area contributed by atoms with Gasteiger partial charge in [0.25, 0.3) is 0 Å². The second-order valence-corrected chi connectivity index (χ2v) is 9.33. The molecule has 1 fully saturated rings. The van der Waals surface area contributed by atoms with Crippen molar-refractivity contribution < 1.29 is 19.1 Å². The molecule has 1 aromatic heterocycles. The first-order chi connectivity index (χ1) is 17.4. The van der Waals surface area contributed by atoms with Crippen molar-refractivity contribution in [1.82, 2.24) is 20.0 Å². The van der Waals surface area contributed by atoms with Crippen molar-refractivity contribution in [3.63, 3.8) is 0 Å². The first-order valence-corrected chi connectivity index (χ1v) is 12.8. The number of anilines is 1. The molecule has 9 heteroatoms. The molecule has 1 aromatic carbocycles. The Labute approximate surface area is 214 Å². The summed E-state index contributed by atoms with van der Waals surface area (Å²) in [5, 5.41) is 8.91. The van der Waals surface area contributed by atoms with Crippen molar-refractivity contribution in [2.75, 3.05) is 58.4 Å². The summed E-state index contributed by atoms with van der Waals surface area (Å²) in [7, 11) is 3.23. The lowest BCUT2D eigenvalue weighted by Gasteiger charge is -2.28. The number of carbonyl (C=O) groups excluding carboxylic acids is 2. The number of nitrogens with zero attached hydrogens (tertiary/aromatic N) is 5. The van der Waals surface area contributed by atoms with E-state index in [-0.39, 0.29) is 24.3 Å². The molecule has 2 heterocycles. The molecule has 0 N–H and O–H groups in total. The standard InChI is InChI=1S/C27H39N5O4/c1-6-7-13-32(27(34)20(2)3)19-26(33)31-15-8-14-30(16-17-31)25-12-11-23(28-29-25)22-10-9-21(35-4)18-24(22)36-5/h9-12,18,20H,6-8,13-17,19H2,1-5H3. The van der Waals surface area contributed by atoms with Crippen LogP contribution in [0, 0.1) is 5.92 Å². The lowest BCUT2D eigenvalue weighted by Crippen LogP contribution is -2.45. The first-order valence-electron chi connectivity index (χ1n) is 12.8. The number of benzene rings is 1. The van der Waals surface area contributed by atoms with E-state index < -0.39 is 0 Å². The molecular weight excluding hydrogens is 458 g/mol. The Hall–Kier alpha value is -3.36. The van der Waals surface area contributed by atoms with Crippen LogP contribution in [-0.2, 0) is 9.59 Å². The summed E-state index contributed by atoms with van der Waals surface area (Å²) in [4.78, 5) is 31.4. The molecule has 9 nitrogen and oxygen atoms in total. The van der Waals surface area contributed by atoms with Gasteiger partial charge in [-0.2, -0.15) is 0 Å². The zero-order valence-electron chi connectivity index (χ0n) is 22.2. The maximum atomic E-state index is 13.1. The van der Waals surface area contributed by atoms with Gasteiger partial charge in [-0.3, -0.25) is 9.59 Å². The smallest absolute Gasteiger partial charge is 0.242 e. The van der Waals surface area contributed by atoms with E-state index >= 15 is 0 Å². The van der Waals surface area contributed by atoms with Gasteiger partial charge in [0.05, 0.1) is 26.5 Å². The Morgan fingerprint density at radius 2 is 1.83 bits per heavy atom. The minimum Gasteiger partial charge on any atom is -0.497 e. The summed E-state index contributed by atoms with van der Waals surface area (Å²) in [6.45, 7) is 9.33. The minimum absolute atomic E-state index is 0.00925. The summed E-state index contributed by atoms with van der Waals surface area (Å²) in [6, 6.07) is 9.49. The van der Waals surface area contributed by atoms with Crippen LogP contribution in [0.3, 0.4) is 0 Å². The van der Waals surface area contributed by atoms with Gasteiger partial charge in [0.1, 0.15) is 11.5 Å². The fraction of sp³-hybridized carbons (Fsp3) is 0.556. The van der Waals surface area contributed by atoms with Crippen LogP contribution in [0.4, 0.5) is 5.82 Å². The zero-order chi connectivity index (χ0) is 26.1. The Morgan fingerprint density at radius 3 is 2.47 bits per heavy atom. The van der Waals surface area contributed by atoms with Crippen LogP contribution in [0.5, 0.6) is 11.5 Å². The lowest BCUT2D eigenvalue weighted by molar-refractivity contribution is -0.142. The average molecular weight is 498 g/mol. The number of hydrogen-bond acceptors (Lipinski definition) is 7. The largest absolute Gasteiger partial charge is 0.497 e. The molecule has 0 saturated carbocycles. The molecule has 36 heavy (non-hydrogen) atoms. The van der Waals surface area contributed by atoms with Crippen LogP contribution in [0.15, 0.2) is 30.3 Å². The molecule has 0 aliphatic carbocycles. The number of rotatable bonds is 10. The Bertz CT molecular complexity index is 1010. The summed E-state index contributed by atoms with van der Waals surface area (Å²) in [5.74, 6) is 2.09. The van der Waals surface area contributed by atoms with E-state index in [4.69, 9.17) is 9.47 Å². The summed E-state index contributed by atoms with van der Waals surface area (Å²) in [5.41, 5.74) is 1.56. The summed E-state index contributed by atoms with van der Waals surface area (Å²) >= 11 is 0. The van der Waals surface area contributed by atoms with E-state index in [2.05, 4.69) is 22.0 Å². The van der Waals surface area contributed by atoms with E-state index in [0.717, 1.165) is 37.2 Å². The highest BCUT2D eigenvalue weighted by molar-refractivity contribution is 5.85. The maximum absolute atomic E-state index is 13.1. The summed E-state index contributed by atoms with van der Waals surface area (Å²) < 4.78 is 10.8. The first kappa shape index (κ1) is 27.2. The highest BCUT2D eigenvalue weighted by Gasteiger charge is 2.25. The van der Waals surface area contributed by atoms with Gasteiger partial charge in [-0.05, 0) is 37.1 Å². The topological polar surface area (TPSA) is 88.1 Å². The van der Waals surface area contributed by atoms with Gasteiger partial charge in [0.2, 0.25) is 11.8 Å². The molecule has 196 valence electrons. The van der Waals surface area contributed by atoms with Crippen LogP contribution in [0.25, 0.3) is 11.3 Å². The van der Waals surface area contributed by atoms with Crippen molar-refractivity contribution in [2.45, 2.75) is 40.0 Å². The van der Waals surface area contributed by atoms with Crippen LogP contribution in [-0.4, -0.2) is 85.3 Å². The summed E-state index contributed by atoms with van der Waals surface area (Å²) in [6.07, 6.45) is 2.71. The molecular formula is C27H39N5O4. The maximum Gasteiger partial charge on any atom is 0.242 e. The van der Waals surface area contributed by atoms with Gasteiger partial charge in [-0.25, -0.2) is 0 Å². The van der Waals surface area contributed by atoms with Gasteiger partial charge in [-0.1, -0.05) is 27.2 Å². The number of methoxy groups -OCH3 is 2. The highest BCUT2D eigenvalue weighted by Crippen LogP contribution is 2.32. The normalized spacial score (nSPS) is 13.9. The van der Waals surface area contributed by atoms with Crippen molar-refractivity contribution in [2.24, 2.45) is 5.92 Å². The fourth-order valence-electron chi connectivity index (χ4n) is 4.29. The fourth-order valence-corrected chi connectivity index (χ4v) is 4.29. The van der Waals surface area contributed by atoms with Crippen LogP contribution >= 0.6 is 0 Å². The predicted molar refractivity (Wildman–Crippen MR) is 140 cm³/mol. The number of unbranched alkanes of at least 4 members (excludes halogenated alkanes) is 1. The third-order valence-corrected chi connectivity index (χ3v) is 6.42. The SMILES string of the molecule is CCCCN(CC(=O)N1CCCN(c2ccc(-c3ccc(OC)cc3OC)nn2)CC1)C(=O)C(C)C. The van der Waals surface area contributed by atoms with Crippen molar-refractivity contribution in [3.8, 4) is 22.8 Å². The van der Waals surface area contributed by atoms with Gasteiger partial charge in [-0.15, -0.1) is 10.2 Å². The zero-order valence-corrected chi connectivity index (χ0v) is 22.2. The second kappa shape index (κ2) is 13.1. The Kier molecular flexibility index (Phi) is 9.90. The molecule has 1 saturated heterocycles. The quantitative estimate of drug-likeness (QED) is 0.497. The third-order valence-electron chi connectivity index (χ3n) is 6.42. The lowest BCUT2D eigenvalue weighted by atomic mass is 10.1. The van der Waals surface area contributed by atoms with Crippen molar-refractivity contribution in [3.05, 3.63) is 30.3 Å². The molecule has 0 atom stereocenters. The molecule has 1 aliphatic rings. The van der Waals surface area contributed by atoms with Gasteiger partial charge in [0, 0.05) is 50.3 Å². The van der Waals surface area contributed by atoms with Crippen molar-refractivity contribution in [1.29, 1.82) is 0 Å². The number of aromatic nitrogens is 2. The number of amides is 2. The van der Waals surface area contributed by atoms with E-state index in [9.17, 15) is 9.59 Å². The highest BCUT2D eigenvalue weighted by atomic mass is 16.5. The monoisotopic (exact) mass is 497 g/mol. The molecule has 0 spiro atoms. The van der Waals surface area contributed by atoms with E-state index in [1.807, 2.05) is 49.1 Å². The van der Waals surface area contributed by atoms with Gasteiger partial charge >= 0.3 is 0 Å². The average Bonchev–Trinajstić information content (AvgIpc) is 3.16. The molecule has 3 rings (SSSR count). The van der Waals surface area contributed by atoms with E-state index in [1.165, 1.54) is 0 Å². The third kappa shape index (κ3) is 6.86. The molecule has 2 amide bonds. The van der Waals surface area contributed by atoms with Crippen molar-refractivity contribution >= 4 is 17.6 Å². The van der Waals surface area contributed by atoms with Crippen LogP contribution < -0.4 is 14.4 Å². The molecule has 0 radical (unpaired) electrons. The number of ether oxygens (including phenoxy) is 2. The van der Waals surface area contributed by atoms with Gasteiger partial charge < -0.3 is 24.2 Å². The molecule has 1 aliphatic heterocycles. The molecule has 2 aromatic rings.